The van der Waals surface area contributed by atoms with Gasteiger partial charge in [0.05, 0.1) is 26.0 Å². The number of nitrogens with zero attached hydrogens (tertiary/aromatic N) is 3. The first kappa shape index (κ1) is 13.6. The second-order valence-electron chi connectivity index (χ2n) is 3.55. The van der Waals surface area contributed by atoms with E-state index < -0.39 is 0 Å². The smallest absolute Gasteiger partial charge is 0.305 e. The quantitative estimate of drug-likeness (QED) is 0.463. The standard InChI is InChI=1S/C10H18N4O3/c1-17-10(16)3-2-4-11-7-9-8-14(5-6-15)13-12-9/h8,11,15H,2-7H2,1H3. The monoisotopic (exact) mass is 242 g/mol. The number of rotatable bonds is 8. The Balaban J connectivity index is 2.11. The van der Waals surface area contributed by atoms with Crippen LogP contribution >= 0.6 is 0 Å². The van der Waals surface area contributed by atoms with Crippen molar-refractivity contribution >= 4 is 5.97 Å². The summed E-state index contributed by atoms with van der Waals surface area (Å²) in [5.74, 6) is -0.194. The predicted molar refractivity (Wildman–Crippen MR) is 60.1 cm³/mol. The Morgan fingerprint density at radius 3 is 3.18 bits per heavy atom. The molecule has 7 heteroatoms. The average molecular weight is 242 g/mol. The third-order valence-corrected chi connectivity index (χ3v) is 2.18. The number of nitrogens with one attached hydrogen (secondary N) is 1. The minimum atomic E-state index is -0.194. The SMILES string of the molecule is COC(=O)CCCNCc1cn(CCO)nn1. The fourth-order valence-corrected chi connectivity index (χ4v) is 1.31. The van der Waals surface area contributed by atoms with Crippen molar-refractivity contribution in [2.24, 2.45) is 0 Å². The summed E-state index contributed by atoms with van der Waals surface area (Å²) in [6, 6.07) is 0. The van der Waals surface area contributed by atoms with Crippen molar-refractivity contribution in [3.05, 3.63) is 11.9 Å². The zero-order valence-corrected chi connectivity index (χ0v) is 9.93. The molecule has 0 aromatic carbocycles. The van der Waals surface area contributed by atoms with E-state index in [1.807, 2.05) is 0 Å². The Morgan fingerprint density at radius 1 is 1.65 bits per heavy atom. The highest BCUT2D eigenvalue weighted by Crippen LogP contribution is 1.94. The van der Waals surface area contributed by atoms with Crippen molar-refractivity contribution < 1.29 is 14.6 Å². The Morgan fingerprint density at radius 2 is 2.47 bits per heavy atom. The van der Waals surface area contributed by atoms with Gasteiger partial charge in [0, 0.05) is 19.2 Å². The Hall–Kier alpha value is -1.47. The van der Waals surface area contributed by atoms with Crippen LogP contribution in [-0.2, 0) is 22.6 Å². The summed E-state index contributed by atoms with van der Waals surface area (Å²) in [5.41, 5.74) is 0.816. The summed E-state index contributed by atoms with van der Waals surface area (Å²) in [7, 11) is 1.38. The van der Waals surface area contributed by atoms with E-state index in [0.29, 0.717) is 19.5 Å². The first-order chi connectivity index (χ1) is 8.26. The number of aliphatic hydroxyl groups is 1. The molecule has 0 amide bonds. The van der Waals surface area contributed by atoms with Gasteiger partial charge in [-0.05, 0) is 13.0 Å². The number of carbonyl (C=O) groups excluding carboxylic acids is 1. The van der Waals surface area contributed by atoms with Crippen LogP contribution in [0.3, 0.4) is 0 Å². The maximum absolute atomic E-state index is 10.8. The van der Waals surface area contributed by atoms with Crippen molar-refractivity contribution in [2.75, 3.05) is 20.3 Å². The third-order valence-electron chi connectivity index (χ3n) is 2.18. The molecule has 0 atom stereocenters. The molecule has 0 aliphatic heterocycles. The van der Waals surface area contributed by atoms with Gasteiger partial charge in [-0.25, -0.2) is 4.68 Å². The van der Waals surface area contributed by atoms with Crippen LogP contribution < -0.4 is 5.32 Å². The number of methoxy groups -OCH3 is 1. The maximum Gasteiger partial charge on any atom is 0.305 e. The average Bonchev–Trinajstić information content (AvgIpc) is 2.76. The van der Waals surface area contributed by atoms with E-state index in [1.165, 1.54) is 7.11 Å². The van der Waals surface area contributed by atoms with Crippen molar-refractivity contribution in [3.8, 4) is 0 Å². The highest BCUT2D eigenvalue weighted by atomic mass is 16.5. The van der Waals surface area contributed by atoms with Crippen LogP contribution in [0.2, 0.25) is 0 Å². The second kappa shape index (κ2) is 7.75. The number of hydrogen-bond acceptors (Lipinski definition) is 6. The summed E-state index contributed by atoms with van der Waals surface area (Å²) >= 11 is 0. The summed E-state index contributed by atoms with van der Waals surface area (Å²) < 4.78 is 6.12. The van der Waals surface area contributed by atoms with Crippen molar-refractivity contribution in [3.63, 3.8) is 0 Å². The lowest BCUT2D eigenvalue weighted by Crippen LogP contribution is -2.16. The molecular weight excluding hydrogens is 224 g/mol. The number of esters is 1. The van der Waals surface area contributed by atoms with Gasteiger partial charge in [-0.15, -0.1) is 5.10 Å². The largest absolute Gasteiger partial charge is 0.469 e. The highest BCUT2D eigenvalue weighted by molar-refractivity contribution is 5.69. The van der Waals surface area contributed by atoms with E-state index in [9.17, 15) is 4.79 Å². The number of ether oxygens (including phenoxy) is 1. The molecule has 7 nitrogen and oxygen atoms in total. The lowest BCUT2D eigenvalue weighted by Gasteiger charge is -2.01. The minimum absolute atomic E-state index is 0.0510. The van der Waals surface area contributed by atoms with Gasteiger partial charge >= 0.3 is 5.97 Å². The van der Waals surface area contributed by atoms with Crippen LogP contribution in [0.1, 0.15) is 18.5 Å². The van der Waals surface area contributed by atoms with E-state index in [-0.39, 0.29) is 12.6 Å². The van der Waals surface area contributed by atoms with Crippen LogP contribution in [0.5, 0.6) is 0 Å². The molecule has 0 aliphatic carbocycles. The molecule has 0 aliphatic rings. The zero-order chi connectivity index (χ0) is 12.5. The molecule has 0 spiro atoms. The molecule has 1 rings (SSSR count). The number of carbonyl (C=O) groups is 1. The lowest BCUT2D eigenvalue weighted by molar-refractivity contribution is -0.140. The summed E-state index contributed by atoms with van der Waals surface area (Å²) in [6.45, 7) is 1.83. The van der Waals surface area contributed by atoms with Crippen LogP contribution in [-0.4, -0.2) is 46.3 Å². The van der Waals surface area contributed by atoms with E-state index >= 15 is 0 Å². The number of hydrogen-bond donors (Lipinski definition) is 2. The molecule has 2 N–H and O–H groups in total. The Kier molecular flexibility index (Phi) is 6.19. The molecule has 0 fully saturated rings. The molecular formula is C10H18N4O3. The van der Waals surface area contributed by atoms with Crippen LogP contribution in [0.4, 0.5) is 0 Å². The normalized spacial score (nSPS) is 10.5. The van der Waals surface area contributed by atoms with Crippen molar-refractivity contribution in [1.29, 1.82) is 0 Å². The fourth-order valence-electron chi connectivity index (χ4n) is 1.31. The predicted octanol–water partition coefficient (Wildman–Crippen LogP) is -0.687. The number of aliphatic hydroxyl groups excluding tert-OH is 1. The third kappa shape index (κ3) is 5.41. The van der Waals surface area contributed by atoms with Gasteiger partial charge in [-0.1, -0.05) is 5.21 Å². The van der Waals surface area contributed by atoms with Crippen LogP contribution in [0.15, 0.2) is 6.20 Å². The maximum atomic E-state index is 10.8. The number of aromatic nitrogens is 3. The lowest BCUT2D eigenvalue weighted by atomic mass is 10.3. The van der Waals surface area contributed by atoms with Gasteiger partial charge in [-0.2, -0.15) is 0 Å². The Labute approximate surface area is 99.8 Å². The van der Waals surface area contributed by atoms with Gasteiger partial charge in [0.2, 0.25) is 0 Å². The van der Waals surface area contributed by atoms with E-state index in [0.717, 1.165) is 18.7 Å². The molecule has 0 saturated carbocycles. The first-order valence-corrected chi connectivity index (χ1v) is 5.53. The van der Waals surface area contributed by atoms with Gasteiger partial charge < -0.3 is 15.2 Å². The second-order valence-corrected chi connectivity index (χ2v) is 3.55. The molecule has 17 heavy (non-hydrogen) atoms. The topological polar surface area (TPSA) is 89.3 Å². The summed E-state index contributed by atoms with van der Waals surface area (Å²) in [5, 5.41) is 19.6. The van der Waals surface area contributed by atoms with Crippen molar-refractivity contribution in [1.82, 2.24) is 20.3 Å². The molecule has 0 saturated heterocycles. The summed E-state index contributed by atoms with van der Waals surface area (Å²) in [6.07, 6.45) is 2.93. The molecule has 96 valence electrons. The van der Waals surface area contributed by atoms with Crippen LogP contribution in [0, 0.1) is 0 Å². The van der Waals surface area contributed by atoms with Gasteiger partial charge in [0.25, 0.3) is 0 Å². The summed E-state index contributed by atoms with van der Waals surface area (Å²) in [4.78, 5) is 10.8. The van der Waals surface area contributed by atoms with Gasteiger partial charge in [0.1, 0.15) is 0 Å². The zero-order valence-electron chi connectivity index (χ0n) is 9.93. The highest BCUT2D eigenvalue weighted by Gasteiger charge is 2.01. The minimum Gasteiger partial charge on any atom is -0.469 e. The van der Waals surface area contributed by atoms with E-state index in [1.54, 1.807) is 10.9 Å². The Bertz CT molecular complexity index is 340. The van der Waals surface area contributed by atoms with Gasteiger partial charge in [0.15, 0.2) is 0 Å². The molecule has 1 heterocycles. The molecule has 1 aromatic rings. The molecule has 0 bridgehead atoms. The fraction of sp³-hybridized carbons (Fsp3) is 0.700. The van der Waals surface area contributed by atoms with Gasteiger partial charge in [-0.3, -0.25) is 4.79 Å². The van der Waals surface area contributed by atoms with Crippen LogP contribution in [0.25, 0.3) is 0 Å². The first-order valence-electron chi connectivity index (χ1n) is 5.53. The molecule has 1 aromatic heterocycles. The van der Waals surface area contributed by atoms with Crippen molar-refractivity contribution in [2.45, 2.75) is 25.9 Å². The van der Waals surface area contributed by atoms with E-state index in [2.05, 4.69) is 20.4 Å². The molecule has 0 unspecified atom stereocenters. The molecule has 0 radical (unpaired) electrons. The van der Waals surface area contributed by atoms with E-state index in [4.69, 9.17) is 5.11 Å².